The number of hydrogen-bond donors (Lipinski definition) is 2. The van der Waals surface area contributed by atoms with Gasteiger partial charge >= 0.3 is 11.9 Å². The third-order valence-electron chi connectivity index (χ3n) is 11.4. The number of likely N-dealkylation sites (N-methyl/N-ethyl adjacent to an activating group) is 1. The van der Waals surface area contributed by atoms with E-state index in [0.29, 0.717) is 36.9 Å². The normalized spacial score (nSPS) is 26.3. The van der Waals surface area contributed by atoms with Crippen LogP contribution in [0.3, 0.4) is 0 Å². The van der Waals surface area contributed by atoms with E-state index >= 15 is 0 Å². The van der Waals surface area contributed by atoms with Gasteiger partial charge in [-0.3, -0.25) is 18.8 Å². The molecule has 0 amide bonds. The van der Waals surface area contributed by atoms with Crippen LogP contribution < -0.4 is 16.5 Å². The number of nitrogens with zero attached hydrogens (tertiary/aromatic N) is 4. The van der Waals surface area contributed by atoms with Gasteiger partial charge in [0.05, 0.1) is 41.3 Å². The molecule has 4 atom stereocenters. The van der Waals surface area contributed by atoms with E-state index in [2.05, 4.69) is 33.8 Å². The van der Waals surface area contributed by atoms with Crippen molar-refractivity contribution in [3.63, 3.8) is 0 Å². The van der Waals surface area contributed by atoms with Crippen molar-refractivity contribution >= 4 is 5.52 Å². The van der Waals surface area contributed by atoms with Gasteiger partial charge in [0.1, 0.15) is 0 Å². The standard InChI is InChI=1S/C35H47F3N6O2/c1-23-20-42(16-17-46-23)24(2)27-19-29(35(36,37)38)30-22-43(33(45)44(30)21-27)28-13-9-12-26(18-28)31(25-10-8-11-25)32-39-40-34(41(32)3)14-6-4-5-7-15-34/h9,12-13,18-19,21-25,31-32,39-40H,4-8,10-11,14-17,20H2,1-3H3/t23-,24+,31+,32?/m1/s1. The number of hydrazine groups is 1. The Balaban J connectivity index is 1.26. The minimum absolute atomic E-state index is 0.00503. The molecule has 1 unspecified atom stereocenters. The minimum atomic E-state index is -4.62. The molecule has 46 heavy (non-hydrogen) atoms. The van der Waals surface area contributed by atoms with Crippen LogP contribution in [0.15, 0.2) is 47.5 Å². The highest BCUT2D eigenvalue weighted by molar-refractivity contribution is 5.58. The lowest BCUT2D eigenvalue weighted by atomic mass is 9.71. The molecule has 11 heteroatoms. The molecule has 2 saturated carbocycles. The van der Waals surface area contributed by atoms with Crippen molar-refractivity contribution < 1.29 is 17.9 Å². The summed E-state index contributed by atoms with van der Waals surface area (Å²) >= 11 is 0. The molecule has 7 rings (SSSR count). The number of fused-ring (bicyclic) bond motifs is 1. The summed E-state index contributed by atoms with van der Waals surface area (Å²) in [6, 6.07) is 8.80. The first-order chi connectivity index (χ1) is 22.1. The van der Waals surface area contributed by atoms with Crippen LogP contribution in [-0.2, 0) is 10.9 Å². The van der Waals surface area contributed by atoms with E-state index in [-0.39, 0.29) is 35.4 Å². The Morgan fingerprint density at radius 3 is 2.46 bits per heavy atom. The largest absolute Gasteiger partial charge is 0.418 e. The third-order valence-corrected chi connectivity index (χ3v) is 11.4. The first-order valence-electron chi connectivity index (χ1n) is 17.1. The van der Waals surface area contributed by atoms with Crippen molar-refractivity contribution in [2.24, 2.45) is 5.92 Å². The van der Waals surface area contributed by atoms with Crippen molar-refractivity contribution in [2.45, 2.75) is 108 Å². The SMILES string of the molecule is C[C@@H]1CN([C@@H](C)c2cc(C(F)(F)F)c3cn(-c4cccc([C@H](C5CCC5)C5NNC6(CCCCCC6)N5C)c4)c(=O)n3c2)CCO1. The highest BCUT2D eigenvalue weighted by Gasteiger charge is 2.49. The van der Waals surface area contributed by atoms with Crippen molar-refractivity contribution in [3.8, 4) is 5.69 Å². The lowest BCUT2D eigenvalue weighted by molar-refractivity contribution is -0.136. The van der Waals surface area contributed by atoms with Gasteiger partial charge in [0.15, 0.2) is 0 Å². The lowest BCUT2D eigenvalue weighted by Gasteiger charge is -2.43. The van der Waals surface area contributed by atoms with Crippen LogP contribution in [0.4, 0.5) is 13.2 Å². The van der Waals surface area contributed by atoms with Gasteiger partial charge in [0.25, 0.3) is 0 Å². The number of morpholine rings is 1. The van der Waals surface area contributed by atoms with Gasteiger partial charge in [-0.1, -0.05) is 44.2 Å². The van der Waals surface area contributed by atoms with Gasteiger partial charge in [-0.05, 0) is 81.8 Å². The first kappa shape index (κ1) is 31.9. The molecule has 8 nitrogen and oxygen atoms in total. The summed E-state index contributed by atoms with van der Waals surface area (Å²) in [4.78, 5) is 18.5. The van der Waals surface area contributed by atoms with Crippen molar-refractivity contribution in [3.05, 3.63) is 69.9 Å². The minimum Gasteiger partial charge on any atom is -0.376 e. The number of imidazole rings is 1. The summed E-state index contributed by atoms with van der Waals surface area (Å²) < 4.78 is 51.8. The number of benzene rings is 1. The second-order valence-corrected chi connectivity index (χ2v) is 14.2. The summed E-state index contributed by atoms with van der Waals surface area (Å²) in [5.74, 6) is 0.669. The Morgan fingerprint density at radius 2 is 1.78 bits per heavy atom. The number of alkyl halides is 3. The fourth-order valence-corrected chi connectivity index (χ4v) is 8.43. The average molecular weight is 641 g/mol. The topological polar surface area (TPSA) is 66.2 Å². The van der Waals surface area contributed by atoms with Crippen LogP contribution in [0.5, 0.6) is 0 Å². The van der Waals surface area contributed by atoms with Crippen LogP contribution >= 0.6 is 0 Å². The fourth-order valence-electron chi connectivity index (χ4n) is 8.43. The smallest absolute Gasteiger partial charge is 0.376 e. The Kier molecular flexibility index (Phi) is 8.59. The van der Waals surface area contributed by atoms with E-state index in [1.165, 1.54) is 53.3 Å². The first-order valence-corrected chi connectivity index (χ1v) is 17.1. The summed E-state index contributed by atoms with van der Waals surface area (Å²) in [5.41, 5.74) is 8.01. The van der Waals surface area contributed by atoms with Crippen molar-refractivity contribution in [2.75, 3.05) is 26.7 Å². The van der Waals surface area contributed by atoms with E-state index in [4.69, 9.17) is 4.74 Å². The maximum Gasteiger partial charge on any atom is 0.418 e. The van der Waals surface area contributed by atoms with Gasteiger partial charge < -0.3 is 4.74 Å². The number of aromatic nitrogens is 2. The molecule has 2 aliphatic carbocycles. The lowest BCUT2D eigenvalue weighted by Crippen LogP contribution is -2.52. The zero-order chi connectivity index (χ0) is 32.2. The molecule has 1 aromatic carbocycles. The van der Waals surface area contributed by atoms with Gasteiger partial charge in [-0.15, -0.1) is 0 Å². The molecule has 0 bridgehead atoms. The monoisotopic (exact) mass is 640 g/mol. The van der Waals surface area contributed by atoms with E-state index < -0.39 is 17.4 Å². The Morgan fingerprint density at radius 1 is 1.02 bits per heavy atom. The molecule has 2 saturated heterocycles. The summed E-state index contributed by atoms with van der Waals surface area (Å²) in [6.07, 6.45) is 9.01. The molecule has 1 spiro atoms. The maximum absolute atomic E-state index is 14.5. The van der Waals surface area contributed by atoms with Crippen LogP contribution in [0.25, 0.3) is 11.2 Å². The molecule has 2 aliphatic heterocycles. The van der Waals surface area contributed by atoms with Gasteiger partial charge in [-0.25, -0.2) is 15.6 Å². The molecule has 4 aliphatic rings. The van der Waals surface area contributed by atoms with Gasteiger partial charge in [-0.2, -0.15) is 13.2 Å². The predicted molar refractivity (Wildman–Crippen MR) is 172 cm³/mol. The number of halogens is 3. The third kappa shape index (κ3) is 5.72. The molecule has 4 heterocycles. The molecule has 2 aromatic heterocycles. The van der Waals surface area contributed by atoms with E-state index in [0.717, 1.165) is 31.2 Å². The van der Waals surface area contributed by atoms with Gasteiger partial charge in [0, 0.05) is 37.4 Å². The van der Waals surface area contributed by atoms with Crippen LogP contribution in [-0.4, -0.2) is 63.4 Å². The van der Waals surface area contributed by atoms with Gasteiger partial charge in [0.2, 0.25) is 0 Å². The number of pyridine rings is 1. The number of rotatable bonds is 6. The van der Waals surface area contributed by atoms with Crippen LogP contribution in [0, 0.1) is 5.92 Å². The average Bonchev–Trinajstić information content (AvgIpc) is 3.38. The molecule has 0 radical (unpaired) electrons. The molecule has 2 N–H and O–H groups in total. The van der Waals surface area contributed by atoms with Crippen LogP contribution in [0.2, 0.25) is 0 Å². The fraction of sp³-hybridized carbons (Fsp3) is 0.629. The Bertz CT molecular complexity index is 1610. The molecular formula is C35H47F3N6O2. The number of ether oxygens (including phenoxy) is 1. The zero-order valence-electron chi connectivity index (χ0n) is 27.2. The molecule has 4 fully saturated rings. The summed E-state index contributed by atoms with van der Waals surface area (Å²) in [5, 5.41) is 0. The Labute approximate surface area is 268 Å². The van der Waals surface area contributed by atoms with Crippen molar-refractivity contribution in [1.29, 1.82) is 0 Å². The number of nitrogens with one attached hydrogen (secondary N) is 2. The number of hydrogen-bond acceptors (Lipinski definition) is 6. The molecular weight excluding hydrogens is 593 g/mol. The predicted octanol–water partition coefficient (Wildman–Crippen LogP) is 6.19. The summed E-state index contributed by atoms with van der Waals surface area (Å²) in [7, 11) is 2.22. The summed E-state index contributed by atoms with van der Waals surface area (Å²) in [6.45, 7) is 5.62. The Hall–Kier alpha value is -2.70. The second kappa shape index (κ2) is 12.4. The highest BCUT2D eigenvalue weighted by atomic mass is 19.4. The van der Waals surface area contributed by atoms with E-state index in [9.17, 15) is 18.0 Å². The molecule has 250 valence electrons. The van der Waals surface area contributed by atoms with Crippen molar-refractivity contribution in [1.82, 2.24) is 29.6 Å². The van der Waals surface area contributed by atoms with E-state index in [1.807, 2.05) is 32.0 Å². The van der Waals surface area contributed by atoms with Crippen LogP contribution in [0.1, 0.15) is 100 Å². The van der Waals surface area contributed by atoms with E-state index in [1.54, 1.807) is 6.20 Å². The zero-order valence-corrected chi connectivity index (χ0v) is 27.2. The second-order valence-electron chi connectivity index (χ2n) is 14.2. The maximum atomic E-state index is 14.5. The quantitative estimate of drug-likeness (QED) is 0.335. The highest BCUT2D eigenvalue weighted by Crippen LogP contribution is 2.46. The molecule has 3 aromatic rings.